The fourth-order valence-corrected chi connectivity index (χ4v) is 4.91. The maximum atomic E-state index is 13.2. The Balaban J connectivity index is 1.44. The molecule has 1 aliphatic heterocycles. The van der Waals surface area contributed by atoms with E-state index in [1.54, 1.807) is 0 Å². The Labute approximate surface area is 198 Å². The van der Waals surface area contributed by atoms with Crippen molar-refractivity contribution >= 4 is 29.3 Å². The second-order valence-electron chi connectivity index (χ2n) is 8.46. The van der Waals surface area contributed by atoms with Gasteiger partial charge in [-0.05, 0) is 62.4 Å². The van der Waals surface area contributed by atoms with Crippen molar-refractivity contribution in [2.75, 3.05) is 17.6 Å². The molecule has 4 rings (SSSR count). The summed E-state index contributed by atoms with van der Waals surface area (Å²) in [5.74, 6) is 0.929. The molecule has 0 spiro atoms. The number of hydrogen-bond acceptors (Lipinski definition) is 5. The van der Waals surface area contributed by atoms with Gasteiger partial charge in [-0.25, -0.2) is 0 Å². The van der Waals surface area contributed by atoms with Gasteiger partial charge in [0.2, 0.25) is 5.91 Å². The number of anilines is 1. The van der Waals surface area contributed by atoms with E-state index in [-0.39, 0.29) is 23.6 Å². The van der Waals surface area contributed by atoms with Crippen molar-refractivity contribution in [2.24, 2.45) is 7.05 Å². The first-order valence-electron chi connectivity index (χ1n) is 11.1. The molecule has 3 aromatic rings. The first kappa shape index (κ1) is 23.0. The number of likely N-dealkylation sites (tertiary alicyclic amines) is 1. The molecule has 0 aliphatic carbocycles. The summed E-state index contributed by atoms with van der Waals surface area (Å²) >= 11 is 1.35. The zero-order chi connectivity index (χ0) is 23.5. The highest BCUT2D eigenvalue weighted by molar-refractivity contribution is 7.99. The molecule has 0 bridgehead atoms. The monoisotopic (exact) mass is 463 g/mol. The summed E-state index contributed by atoms with van der Waals surface area (Å²) in [6, 6.07) is 13.4. The second kappa shape index (κ2) is 9.79. The van der Waals surface area contributed by atoms with Crippen LogP contribution in [0.2, 0.25) is 0 Å². The number of rotatable bonds is 6. The van der Waals surface area contributed by atoms with Crippen LogP contribution in [0.1, 0.15) is 51.8 Å². The normalized spacial score (nSPS) is 15.6. The summed E-state index contributed by atoms with van der Waals surface area (Å²) in [7, 11) is 1.90. The standard InChI is InChI=1S/C25H29N5O2S/c1-16-10-7-12-20(18(16)3)26-22(31)15-33-25-28-27-23(29(25)4)21-13-8-14-30(21)24(32)19-11-6-5-9-17(19)2/h5-7,9-12,21H,8,13-15H2,1-4H3,(H,26,31). The maximum absolute atomic E-state index is 13.2. The van der Waals surface area contributed by atoms with E-state index in [0.29, 0.717) is 11.7 Å². The van der Waals surface area contributed by atoms with Crippen molar-refractivity contribution in [3.63, 3.8) is 0 Å². The zero-order valence-corrected chi connectivity index (χ0v) is 20.3. The van der Waals surface area contributed by atoms with Crippen LogP contribution in [-0.4, -0.2) is 43.8 Å². The molecule has 1 atom stereocenters. The van der Waals surface area contributed by atoms with E-state index >= 15 is 0 Å². The van der Waals surface area contributed by atoms with Gasteiger partial charge in [0, 0.05) is 24.8 Å². The van der Waals surface area contributed by atoms with Gasteiger partial charge < -0.3 is 14.8 Å². The van der Waals surface area contributed by atoms with E-state index in [2.05, 4.69) is 15.5 Å². The molecule has 1 unspecified atom stereocenters. The molecule has 0 radical (unpaired) electrons. The van der Waals surface area contributed by atoms with Crippen molar-refractivity contribution in [1.82, 2.24) is 19.7 Å². The summed E-state index contributed by atoms with van der Waals surface area (Å²) in [6.45, 7) is 6.68. The Bertz CT molecular complexity index is 1190. The van der Waals surface area contributed by atoms with Crippen LogP contribution in [0.4, 0.5) is 5.69 Å². The first-order chi connectivity index (χ1) is 15.9. The molecule has 33 heavy (non-hydrogen) atoms. The van der Waals surface area contributed by atoms with Gasteiger partial charge in [-0.3, -0.25) is 9.59 Å². The number of hydrogen-bond donors (Lipinski definition) is 1. The van der Waals surface area contributed by atoms with Crippen molar-refractivity contribution in [1.29, 1.82) is 0 Å². The second-order valence-corrected chi connectivity index (χ2v) is 9.40. The topological polar surface area (TPSA) is 80.1 Å². The predicted octanol–water partition coefficient (Wildman–Crippen LogP) is 4.45. The predicted molar refractivity (Wildman–Crippen MR) is 130 cm³/mol. The minimum absolute atomic E-state index is 0.0284. The van der Waals surface area contributed by atoms with Crippen molar-refractivity contribution in [3.05, 3.63) is 70.5 Å². The lowest BCUT2D eigenvalue weighted by Crippen LogP contribution is -2.32. The van der Waals surface area contributed by atoms with Crippen LogP contribution in [0.5, 0.6) is 0 Å². The van der Waals surface area contributed by atoms with Gasteiger partial charge in [0.15, 0.2) is 11.0 Å². The van der Waals surface area contributed by atoms with E-state index in [1.165, 1.54) is 11.8 Å². The molecule has 1 aliphatic rings. The van der Waals surface area contributed by atoms with E-state index in [0.717, 1.165) is 46.6 Å². The van der Waals surface area contributed by atoms with E-state index in [1.807, 2.05) is 79.8 Å². The Hall–Kier alpha value is -3.13. The summed E-state index contributed by atoms with van der Waals surface area (Å²) in [5, 5.41) is 12.4. The fraction of sp³-hybridized carbons (Fsp3) is 0.360. The van der Waals surface area contributed by atoms with Crippen LogP contribution in [0.3, 0.4) is 0 Å². The Morgan fingerprint density at radius 3 is 2.61 bits per heavy atom. The number of aromatic nitrogens is 3. The lowest BCUT2D eigenvalue weighted by atomic mass is 10.1. The van der Waals surface area contributed by atoms with Crippen LogP contribution in [0, 0.1) is 20.8 Å². The fourth-order valence-electron chi connectivity index (χ4n) is 4.19. The molecule has 7 nitrogen and oxygen atoms in total. The minimum Gasteiger partial charge on any atom is -0.328 e. The first-order valence-corrected chi connectivity index (χ1v) is 12.1. The Morgan fingerprint density at radius 1 is 1.06 bits per heavy atom. The van der Waals surface area contributed by atoms with Crippen molar-refractivity contribution in [2.45, 2.75) is 44.8 Å². The highest BCUT2D eigenvalue weighted by Gasteiger charge is 2.34. The molecule has 1 fully saturated rings. The number of thioether (sulfide) groups is 1. The van der Waals surface area contributed by atoms with Gasteiger partial charge in [-0.15, -0.1) is 10.2 Å². The highest BCUT2D eigenvalue weighted by Crippen LogP contribution is 2.33. The molecular formula is C25H29N5O2S. The molecule has 1 aromatic heterocycles. The van der Waals surface area contributed by atoms with Gasteiger partial charge in [-0.1, -0.05) is 42.1 Å². The van der Waals surface area contributed by atoms with Crippen LogP contribution >= 0.6 is 11.8 Å². The Morgan fingerprint density at radius 2 is 1.82 bits per heavy atom. The number of aryl methyl sites for hydroxylation is 2. The molecule has 2 aromatic carbocycles. The smallest absolute Gasteiger partial charge is 0.254 e. The molecule has 2 amide bonds. The van der Waals surface area contributed by atoms with Crippen molar-refractivity contribution in [3.8, 4) is 0 Å². The molecule has 8 heteroatoms. The number of nitrogens with zero attached hydrogens (tertiary/aromatic N) is 4. The number of nitrogens with one attached hydrogen (secondary N) is 1. The molecule has 1 saturated heterocycles. The minimum atomic E-state index is -0.118. The molecular weight excluding hydrogens is 434 g/mol. The number of carbonyl (C=O) groups is 2. The third kappa shape index (κ3) is 4.80. The summed E-state index contributed by atoms with van der Waals surface area (Å²) in [6.07, 6.45) is 1.78. The SMILES string of the molecule is Cc1ccccc1C(=O)N1CCCC1c1nnc(SCC(=O)Nc2cccc(C)c2C)n1C. The number of amides is 2. The third-order valence-electron chi connectivity index (χ3n) is 6.27. The van der Waals surface area contributed by atoms with Crippen molar-refractivity contribution < 1.29 is 9.59 Å². The van der Waals surface area contributed by atoms with Gasteiger partial charge in [-0.2, -0.15) is 0 Å². The zero-order valence-electron chi connectivity index (χ0n) is 19.5. The van der Waals surface area contributed by atoms with E-state index in [4.69, 9.17) is 0 Å². The molecule has 172 valence electrons. The number of carbonyl (C=O) groups excluding carboxylic acids is 2. The maximum Gasteiger partial charge on any atom is 0.254 e. The molecule has 0 saturated carbocycles. The largest absolute Gasteiger partial charge is 0.328 e. The van der Waals surface area contributed by atoms with Gasteiger partial charge >= 0.3 is 0 Å². The average molecular weight is 464 g/mol. The lowest BCUT2D eigenvalue weighted by Gasteiger charge is -2.24. The quantitative estimate of drug-likeness (QED) is 0.547. The summed E-state index contributed by atoms with van der Waals surface area (Å²) in [4.78, 5) is 27.6. The molecule has 1 N–H and O–H groups in total. The van der Waals surface area contributed by atoms with Gasteiger partial charge in [0.1, 0.15) is 0 Å². The lowest BCUT2D eigenvalue weighted by molar-refractivity contribution is -0.113. The van der Waals surface area contributed by atoms with Crippen LogP contribution in [0.15, 0.2) is 47.6 Å². The highest BCUT2D eigenvalue weighted by atomic mass is 32.2. The van der Waals surface area contributed by atoms with Gasteiger partial charge in [0.25, 0.3) is 5.91 Å². The average Bonchev–Trinajstić information content (AvgIpc) is 3.42. The summed E-state index contributed by atoms with van der Waals surface area (Å²) < 4.78 is 1.91. The van der Waals surface area contributed by atoms with Crippen LogP contribution in [0.25, 0.3) is 0 Å². The van der Waals surface area contributed by atoms with E-state index in [9.17, 15) is 9.59 Å². The third-order valence-corrected chi connectivity index (χ3v) is 7.29. The number of benzene rings is 2. The van der Waals surface area contributed by atoms with Crippen LogP contribution in [-0.2, 0) is 11.8 Å². The summed E-state index contributed by atoms with van der Waals surface area (Å²) in [5.41, 5.74) is 4.73. The van der Waals surface area contributed by atoms with Gasteiger partial charge in [0.05, 0.1) is 11.8 Å². The van der Waals surface area contributed by atoms with Crippen LogP contribution < -0.4 is 5.32 Å². The molecule has 2 heterocycles. The van der Waals surface area contributed by atoms with E-state index < -0.39 is 0 Å². The Kier molecular flexibility index (Phi) is 6.83.